The maximum atomic E-state index is 12.2. The van der Waals surface area contributed by atoms with Crippen LogP contribution >= 0.6 is 0 Å². The SMILES string of the molecule is Cc1ccc(S(=O)(=O)NC(=O)Nc2cccc3ccccc23)cc1. The summed E-state index contributed by atoms with van der Waals surface area (Å²) < 4.78 is 26.5. The normalized spacial score (nSPS) is 11.2. The fourth-order valence-electron chi connectivity index (χ4n) is 2.38. The minimum Gasteiger partial charge on any atom is -0.307 e. The first-order valence-electron chi connectivity index (χ1n) is 7.34. The summed E-state index contributed by atoms with van der Waals surface area (Å²) >= 11 is 0. The standard InChI is InChI=1S/C18H16N2O3S/c1-13-9-11-15(12-10-13)24(22,23)20-18(21)19-17-8-4-6-14-5-2-3-7-16(14)17/h2-12H,1H3,(H2,19,20,21). The molecule has 0 heterocycles. The number of benzene rings is 3. The van der Waals surface area contributed by atoms with Gasteiger partial charge in [-0.25, -0.2) is 17.9 Å². The topological polar surface area (TPSA) is 75.3 Å². The van der Waals surface area contributed by atoms with Gasteiger partial charge in [-0.2, -0.15) is 0 Å². The molecule has 0 aliphatic heterocycles. The number of fused-ring (bicyclic) bond motifs is 1. The lowest BCUT2D eigenvalue weighted by molar-refractivity contribution is 0.256. The maximum Gasteiger partial charge on any atom is 0.333 e. The minimum atomic E-state index is -3.91. The summed E-state index contributed by atoms with van der Waals surface area (Å²) in [7, 11) is -3.91. The van der Waals surface area contributed by atoms with Gasteiger partial charge in [0.2, 0.25) is 0 Å². The molecule has 5 nitrogen and oxygen atoms in total. The third-order valence-corrected chi connectivity index (χ3v) is 4.94. The van der Waals surface area contributed by atoms with Crippen LogP contribution in [0.2, 0.25) is 0 Å². The van der Waals surface area contributed by atoms with Crippen LogP contribution in [-0.4, -0.2) is 14.4 Å². The molecule has 0 spiro atoms. The molecule has 0 saturated carbocycles. The molecule has 0 fully saturated rings. The van der Waals surface area contributed by atoms with Gasteiger partial charge in [0, 0.05) is 5.39 Å². The first kappa shape index (κ1) is 16.0. The van der Waals surface area contributed by atoms with E-state index in [2.05, 4.69) is 5.32 Å². The minimum absolute atomic E-state index is 0.0427. The number of urea groups is 1. The van der Waals surface area contributed by atoms with Crippen molar-refractivity contribution in [2.75, 3.05) is 5.32 Å². The molecule has 2 amide bonds. The van der Waals surface area contributed by atoms with E-state index in [4.69, 9.17) is 0 Å². The van der Waals surface area contributed by atoms with Crippen LogP contribution in [0.15, 0.2) is 71.6 Å². The van der Waals surface area contributed by atoms with Gasteiger partial charge in [0.15, 0.2) is 0 Å². The number of carbonyl (C=O) groups excluding carboxylic acids is 1. The summed E-state index contributed by atoms with van der Waals surface area (Å²) in [5, 5.41) is 4.38. The van der Waals surface area contributed by atoms with Gasteiger partial charge < -0.3 is 5.32 Å². The number of rotatable bonds is 3. The molecule has 0 radical (unpaired) electrons. The Hall–Kier alpha value is -2.86. The fourth-order valence-corrected chi connectivity index (χ4v) is 3.29. The zero-order chi connectivity index (χ0) is 17.2. The van der Waals surface area contributed by atoms with Crippen LogP contribution in [0.1, 0.15) is 5.56 Å². The highest BCUT2D eigenvalue weighted by Gasteiger charge is 2.17. The summed E-state index contributed by atoms with van der Waals surface area (Å²) in [5.41, 5.74) is 1.49. The highest BCUT2D eigenvalue weighted by atomic mass is 32.2. The Balaban J connectivity index is 1.81. The molecule has 6 heteroatoms. The summed E-state index contributed by atoms with van der Waals surface area (Å²) in [5.74, 6) is 0. The number of sulfonamides is 1. The molecule has 0 aromatic heterocycles. The van der Waals surface area contributed by atoms with E-state index in [1.165, 1.54) is 12.1 Å². The second kappa shape index (κ2) is 6.33. The van der Waals surface area contributed by atoms with E-state index in [1.54, 1.807) is 24.3 Å². The maximum absolute atomic E-state index is 12.2. The third-order valence-electron chi connectivity index (χ3n) is 3.60. The summed E-state index contributed by atoms with van der Waals surface area (Å²) in [6.45, 7) is 1.86. The zero-order valence-electron chi connectivity index (χ0n) is 13.0. The van der Waals surface area contributed by atoms with E-state index in [-0.39, 0.29) is 4.90 Å². The lowest BCUT2D eigenvalue weighted by atomic mass is 10.1. The molecule has 0 unspecified atom stereocenters. The largest absolute Gasteiger partial charge is 0.333 e. The quantitative estimate of drug-likeness (QED) is 0.764. The molecule has 0 saturated heterocycles. The van der Waals surface area contributed by atoms with Crippen LogP contribution in [-0.2, 0) is 10.0 Å². The molecule has 3 aromatic carbocycles. The Morgan fingerprint density at radius 3 is 2.29 bits per heavy atom. The van der Waals surface area contributed by atoms with Crippen LogP contribution in [0.5, 0.6) is 0 Å². The Labute approximate surface area is 140 Å². The molecule has 0 bridgehead atoms. The van der Waals surface area contributed by atoms with Crippen molar-refractivity contribution in [3.63, 3.8) is 0 Å². The highest BCUT2D eigenvalue weighted by Crippen LogP contribution is 2.23. The predicted octanol–water partition coefficient (Wildman–Crippen LogP) is 3.66. The van der Waals surface area contributed by atoms with Gasteiger partial charge in [0.25, 0.3) is 10.0 Å². The first-order chi connectivity index (χ1) is 11.5. The smallest absolute Gasteiger partial charge is 0.307 e. The van der Waals surface area contributed by atoms with Crippen molar-refractivity contribution in [1.82, 2.24) is 4.72 Å². The van der Waals surface area contributed by atoms with Crippen molar-refractivity contribution >= 4 is 32.5 Å². The van der Waals surface area contributed by atoms with Gasteiger partial charge in [-0.15, -0.1) is 0 Å². The summed E-state index contributed by atoms with van der Waals surface area (Å²) in [4.78, 5) is 12.2. The van der Waals surface area contributed by atoms with Crippen LogP contribution in [0.4, 0.5) is 10.5 Å². The first-order valence-corrected chi connectivity index (χ1v) is 8.82. The fraction of sp³-hybridized carbons (Fsp3) is 0.0556. The van der Waals surface area contributed by atoms with Crippen molar-refractivity contribution in [2.24, 2.45) is 0 Å². The van der Waals surface area contributed by atoms with Crippen molar-refractivity contribution in [3.8, 4) is 0 Å². The number of hydrogen-bond acceptors (Lipinski definition) is 3. The number of anilines is 1. The third kappa shape index (κ3) is 3.38. The molecule has 3 rings (SSSR count). The number of hydrogen-bond donors (Lipinski definition) is 2. The number of carbonyl (C=O) groups is 1. The van der Waals surface area contributed by atoms with Gasteiger partial charge in [-0.1, -0.05) is 54.1 Å². The van der Waals surface area contributed by atoms with Crippen molar-refractivity contribution < 1.29 is 13.2 Å². The molecule has 0 aliphatic carbocycles. The monoisotopic (exact) mass is 340 g/mol. The molecule has 122 valence electrons. The highest BCUT2D eigenvalue weighted by molar-refractivity contribution is 7.90. The van der Waals surface area contributed by atoms with E-state index >= 15 is 0 Å². The van der Waals surface area contributed by atoms with E-state index in [0.29, 0.717) is 5.69 Å². The molecular weight excluding hydrogens is 324 g/mol. The molecule has 24 heavy (non-hydrogen) atoms. The molecule has 0 atom stereocenters. The second-order valence-corrected chi connectivity index (χ2v) is 7.08. The van der Waals surface area contributed by atoms with E-state index in [9.17, 15) is 13.2 Å². The Kier molecular flexibility index (Phi) is 4.22. The number of amides is 2. The van der Waals surface area contributed by atoms with Gasteiger partial charge in [0.05, 0.1) is 10.6 Å². The average Bonchev–Trinajstić information content (AvgIpc) is 2.55. The van der Waals surface area contributed by atoms with Crippen molar-refractivity contribution in [2.45, 2.75) is 11.8 Å². The van der Waals surface area contributed by atoms with Crippen LogP contribution in [0, 0.1) is 6.92 Å². The van der Waals surface area contributed by atoms with E-state index in [1.807, 2.05) is 42.0 Å². The number of aryl methyl sites for hydroxylation is 1. The summed E-state index contributed by atoms with van der Waals surface area (Å²) in [6.07, 6.45) is 0. The Morgan fingerprint density at radius 1 is 0.875 bits per heavy atom. The van der Waals surface area contributed by atoms with E-state index < -0.39 is 16.1 Å². The van der Waals surface area contributed by atoms with E-state index in [0.717, 1.165) is 16.3 Å². The zero-order valence-corrected chi connectivity index (χ0v) is 13.8. The second-order valence-electron chi connectivity index (χ2n) is 5.40. The van der Waals surface area contributed by atoms with Crippen molar-refractivity contribution in [3.05, 3.63) is 72.3 Å². The Morgan fingerprint density at radius 2 is 1.54 bits per heavy atom. The molecule has 0 aliphatic rings. The van der Waals surface area contributed by atoms with Crippen LogP contribution in [0.25, 0.3) is 10.8 Å². The van der Waals surface area contributed by atoms with Crippen molar-refractivity contribution in [1.29, 1.82) is 0 Å². The van der Waals surface area contributed by atoms with Crippen LogP contribution < -0.4 is 10.0 Å². The Bertz CT molecular complexity index is 991. The molecular formula is C18H16N2O3S. The van der Waals surface area contributed by atoms with Gasteiger partial charge in [-0.05, 0) is 30.5 Å². The van der Waals surface area contributed by atoms with Gasteiger partial charge >= 0.3 is 6.03 Å². The lowest BCUT2D eigenvalue weighted by Crippen LogP contribution is -2.34. The average molecular weight is 340 g/mol. The predicted molar refractivity (Wildman–Crippen MR) is 94.5 cm³/mol. The van der Waals surface area contributed by atoms with Gasteiger partial charge in [-0.3, -0.25) is 0 Å². The number of nitrogens with one attached hydrogen (secondary N) is 2. The summed E-state index contributed by atoms with van der Waals surface area (Å²) in [6, 6.07) is 18.4. The molecule has 3 aromatic rings. The van der Waals surface area contributed by atoms with Crippen LogP contribution in [0.3, 0.4) is 0 Å². The molecule has 2 N–H and O–H groups in total. The van der Waals surface area contributed by atoms with Gasteiger partial charge in [0.1, 0.15) is 0 Å². The lowest BCUT2D eigenvalue weighted by Gasteiger charge is -2.11.